The molecule has 1 N–H and O–H groups in total. The molecule has 130 valence electrons. The Morgan fingerprint density at radius 1 is 1.08 bits per heavy atom. The highest BCUT2D eigenvalue weighted by Crippen LogP contribution is 2.37. The average Bonchev–Trinajstić information content (AvgIpc) is 3.12. The first-order valence-corrected chi connectivity index (χ1v) is 8.98. The summed E-state index contributed by atoms with van der Waals surface area (Å²) in [7, 11) is 1.65. The summed E-state index contributed by atoms with van der Waals surface area (Å²) in [6.45, 7) is 0.358. The topological polar surface area (TPSA) is 47.0 Å². The molecule has 4 rings (SSSR count). The second-order valence-corrected chi connectivity index (χ2v) is 6.58. The van der Waals surface area contributed by atoms with Gasteiger partial charge in [0.05, 0.1) is 12.5 Å². The molecule has 2 aromatic heterocycles. The van der Waals surface area contributed by atoms with Crippen molar-refractivity contribution in [2.24, 2.45) is 0 Å². The number of aromatic nitrogens is 2. The molecule has 0 atom stereocenters. The summed E-state index contributed by atoms with van der Waals surface area (Å²) in [5, 5.41) is 6.26. The molecule has 2 heterocycles. The molecule has 0 unspecified atom stereocenters. The first-order chi connectivity index (χ1) is 12.8. The van der Waals surface area contributed by atoms with Crippen molar-refractivity contribution < 1.29 is 9.13 Å². The van der Waals surface area contributed by atoms with E-state index in [-0.39, 0.29) is 5.82 Å². The highest BCUT2D eigenvalue weighted by molar-refractivity contribution is 7.17. The van der Waals surface area contributed by atoms with Crippen LogP contribution < -0.4 is 10.1 Å². The number of nitrogens with one attached hydrogen (secondary N) is 1. The predicted octanol–water partition coefficient (Wildman–Crippen LogP) is 5.12. The third-order valence-electron chi connectivity index (χ3n) is 4.18. The lowest BCUT2D eigenvalue weighted by atomic mass is 10.1. The van der Waals surface area contributed by atoms with Gasteiger partial charge in [-0.05, 0) is 23.8 Å². The van der Waals surface area contributed by atoms with E-state index in [4.69, 9.17) is 4.74 Å². The molecule has 6 heteroatoms. The number of halogens is 1. The van der Waals surface area contributed by atoms with Crippen LogP contribution in [-0.4, -0.2) is 17.1 Å². The monoisotopic (exact) mass is 365 g/mol. The first-order valence-electron chi connectivity index (χ1n) is 8.10. The van der Waals surface area contributed by atoms with Crippen molar-refractivity contribution in [3.63, 3.8) is 0 Å². The Hall–Kier alpha value is -2.99. The maximum absolute atomic E-state index is 13.9. The van der Waals surface area contributed by atoms with Crippen molar-refractivity contribution >= 4 is 27.4 Å². The van der Waals surface area contributed by atoms with Crippen molar-refractivity contribution in [2.75, 3.05) is 12.4 Å². The fraction of sp³-hybridized carbons (Fsp3) is 0.100. The number of ether oxygens (including phenoxy) is 1. The number of methoxy groups -OCH3 is 1. The lowest BCUT2D eigenvalue weighted by Crippen LogP contribution is -2.04. The Morgan fingerprint density at radius 2 is 1.88 bits per heavy atom. The van der Waals surface area contributed by atoms with Gasteiger partial charge in [-0.1, -0.05) is 30.3 Å². The normalized spacial score (nSPS) is 10.8. The molecule has 0 amide bonds. The summed E-state index contributed by atoms with van der Waals surface area (Å²) in [4.78, 5) is 9.63. The Kier molecular flexibility index (Phi) is 4.50. The molecule has 0 bridgehead atoms. The standard InChI is InChI=1S/C20H16FN3OS/c1-25-15-8-6-13(7-9-15)16-11-26-20-18(16)19(23-12-24-20)22-10-14-4-2-3-5-17(14)21/h2-9,11-12H,10H2,1H3,(H,22,23,24). The lowest BCUT2D eigenvalue weighted by Gasteiger charge is -2.09. The highest BCUT2D eigenvalue weighted by Gasteiger charge is 2.13. The number of anilines is 1. The van der Waals surface area contributed by atoms with E-state index in [1.54, 1.807) is 30.6 Å². The van der Waals surface area contributed by atoms with Gasteiger partial charge in [-0.25, -0.2) is 14.4 Å². The van der Waals surface area contributed by atoms with Crippen LogP contribution in [0.4, 0.5) is 10.2 Å². The minimum absolute atomic E-state index is 0.231. The molecule has 0 aliphatic carbocycles. The molecular formula is C20H16FN3OS. The van der Waals surface area contributed by atoms with Crippen LogP contribution in [-0.2, 0) is 6.54 Å². The third kappa shape index (κ3) is 3.11. The quantitative estimate of drug-likeness (QED) is 0.533. The van der Waals surface area contributed by atoms with Crippen LogP contribution >= 0.6 is 11.3 Å². The molecule has 0 radical (unpaired) electrons. The Balaban J connectivity index is 1.71. The van der Waals surface area contributed by atoms with E-state index in [9.17, 15) is 4.39 Å². The van der Waals surface area contributed by atoms with Crippen LogP contribution in [0.1, 0.15) is 5.56 Å². The Morgan fingerprint density at radius 3 is 2.65 bits per heavy atom. The summed E-state index contributed by atoms with van der Waals surface area (Å²) < 4.78 is 19.1. The summed E-state index contributed by atoms with van der Waals surface area (Å²) in [5.41, 5.74) is 2.70. The van der Waals surface area contributed by atoms with Crippen LogP contribution in [0.2, 0.25) is 0 Å². The van der Waals surface area contributed by atoms with Gasteiger partial charge in [-0.2, -0.15) is 0 Å². The SMILES string of the molecule is COc1ccc(-c2csc3ncnc(NCc4ccccc4F)c23)cc1. The number of benzene rings is 2. The molecule has 0 saturated carbocycles. The maximum Gasteiger partial charge on any atom is 0.139 e. The zero-order valence-corrected chi connectivity index (χ0v) is 14.9. The number of nitrogens with zero attached hydrogens (tertiary/aromatic N) is 2. The largest absolute Gasteiger partial charge is 0.497 e. The van der Waals surface area contributed by atoms with Crippen LogP contribution in [0.5, 0.6) is 5.75 Å². The van der Waals surface area contributed by atoms with Gasteiger partial charge in [-0.3, -0.25) is 0 Å². The Bertz CT molecular complexity index is 1050. The second kappa shape index (κ2) is 7.09. The smallest absolute Gasteiger partial charge is 0.139 e. The van der Waals surface area contributed by atoms with E-state index in [0.29, 0.717) is 17.9 Å². The minimum atomic E-state index is -0.231. The second-order valence-electron chi connectivity index (χ2n) is 5.73. The van der Waals surface area contributed by atoms with Gasteiger partial charge < -0.3 is 10.1 Å². The lowest BCUT2D eigenvalue weighted by molar-refractivity contribution is 0.415. The molecular weight excluding hydrogens is 349 g/mol. The van der Waals surface area contributed by atoms with Gasteiger partial charge in [0.2, 0.25) is 0 Å². The number of hydrogen-bond donors (Lipinski definition) is 1. The van der Waals surface area contributed by atoms with Crippen LogP contribution in [0, 0.1) is 5.82 Å². The predicted molar refractivity (Wildman–Crippen MR) is 103 cm³/mol. The minimum Gasteiger partial charge on any atom is -0.497 e. The van der Waals surface area contributed by atoms with E-state index >= 15 is 0 Å². The van der Waals surface area contributed by atoms with E-state index in [1.807, 2.05) is 30.3 Å². The van der Waals surface area contributed by atoms with Gasteiger partial charge in [0, 0.05) is 23.1 Å². The van der Waals surface area contributed by atoms with Gasteiger partial charge in [0.1, 0.15) is 28.5 Å². The average molecular weight is 365 g/mol. The van der Waals surface area contributed by atoms with E-state index < -0.39 is 0 Å². The van der Waals surface area contributed by atoms with Crippen LogP contribution in [0.3, 0.4) is 0 Å². The molecule has 26 heavy (non-hydrogen) atoms. The molecule has 4 aromatic rings. The zero-order valence-electron chi connectivity index (χ0n) is 14.1. The van der Waals surface area contributed by atoms with Gasteiger partial charge >= 0.3 is 0 Å². The number of fused-ring (bicyclic) bond motifs is 1. The number of thiophene rings is 1. The van der Waals surface area contributed by atoms with Crippen molar-refractivity contribution in [3.8, 4) is 16.9 Å². The van der Waals surface area contributed by atoms with E-state index in [0.717, 1.165) is 27.1 Å². The van der Waals surface area contributed by atoms with E-state index in [2.05, 4.69) is 20.7 Å². The summed E-state index contributed by atoms with van der Waals surface area (Å²) in [6.07, 6.45) is 1.53. The van der Waals surface area contributed by atoms with Gasteiger partial charge in [0.15, 0.2) is 0 Å². The molecule has 0 aliphatic rings. The number of hydrogen-bond acceptors (Lipinski definition) is 5. The summed E-state index contributed by atoms with van der Waals surface area (Å²) in [6, 6.07) is 14.6. The third-order valence-corrected chi connectivity index (χ3v) is 5.06. The molecule has 0 saturated heterocycles. The Labute approximate surface area is 154 Å². The molecule has 0 fully saturated rings. The maximum atomic E-state index is 13.9. The first kappa shape index (κ1) is 16.5. The van der Waals surface area contributed by atoms with Gasteiger partial charge in [-0.15, -0.1) is 11.3 Å². The molecule has 4 nitrogen and oxygen atoms in total. The molecule has 2 aromatic carbocycles. The van der Waals surface area contributed by atoms with Crippen LogP contribution in [0.25, 0.3) is 21.3 Å². The van der Waals surface area contributed by atoms with Crippen molar-refractivity contribution in [1.29, 1.82) is 0 Å². The van der Waals surface area contributed by atoms with Crippen molar-refractivity contribution in [3.05, 3.63) is 71.6 Å². The van der Waals surface area contributed by atoms with Gasteiger partial charge in [0.25, 0.3) is 0 Å². The zero-order chi connectivity index (χ0) is 17.9. The van der Waals surface area contributed by atoms with E-state index in [1.165, 1.54) is 12.4 Å². The molecule has 0 spiro atoms. The number of rotatable bonds is 5. The summed E-state index contributed by atoms with van der Waals surface area (Å²) >= 11 is 1.56. The fourth-order valence-electron chi connectivity index (χ4n) is 2.81. The fourth-order valence-corrected chi connectivity index (χ4v) is 3.73. The summed E-state index contributed by atoms with van der Waals surface area (Å²) in [5.74, 6) is 1.28. The molecule has 0 aliphatic heterocycles. The van der Waals surface area contributed by atoms with Crippen molar-refractivity contribution in [2.45, 2.75) is 6.54 Å². The highest BCUT2D eigenvalue weighted by atomic mass is 32.1. The van der Waals surface area contributed by atoms with Crippen molar-refractivity contribution in [1.82, 2.24) is 9.97 Å². The van der Waals surface area contributed by atoms with Crippen LogP contribution in [0.15, 0.2) is 60.2 Å².